The molecule has 0 heterocycles. The number of carbonyl (C=O) groups is 1. The molecule has 0 aliphatic rings. The molecule has 26 heavy (non-hydrogen) atoms. The van der Waals surface area contributed by atoms with Crippen molar-refractivity contribution in [2.24, 2.45) is 0 Å². The average Bonchev–Trinajstić information content (AvgIpc) is 2.69. The molecule has 0 bridgehead atoms. The molecule has 3 rings (SSSR count). The van der Waals surface area contributed by atoms with Crippen LogP contribution in [0.25, 0.3) is 0 Å². The molecule has 0 aliphatic carbocycles. The SMILES string of the molecule is COC(=O)c1ccc(C(C)C)cc1P(c1ccccc1)c1ccccc1. The van der Waals surface area contributed by atoms with Gasteiger partial charge >= 0.3 is 5.97 Å². The molecule has 132 valence electrons. The fourth-order valence-electron chi connectivity index (χ4n) is 2.96. The molecule has 0 fully saturated rings. The lowest BCUT2D eigenvalue weighted by Crippen LogP contribution is -2.26. The van der Waals surface area contributed by atoms with Gasteiger partial charge in [-0.15, -0.1) is 0 Å². The van der Waals surface area contributed by atoms with E-state index in [1.54, 1.807) is 0 Å². The number of methoxy groups -OCH3 is 1. The Morgan fingerprint density at radius 2 is 1.38 bits per heavy atom. The van der Waals surface area contributed by atoms with E-state index in [2.05, 4.69) is 68.4 Å². The smallest absolute Gasteiger partial charge is 0.338 e. The van der Waals surface area contributed by atoms with Gasteiger partial charge in [0.1, 0.15) is 0 Å². The van der Waals surface area contributed by atoms with Crippen LogP contribution in [0.3, 0.4) is 0 Å². The van der Waals surface area contributed by atoms with Gasteiger partial charge in [0.25, 0.3) is 0 Å². The Labute approximate surface area is 156 Å². The van der Waals surface area contributed by atoms with Crippen LogP contribution in [0.1, 0.15) is 35.7 Å². The van der Waals surface area contributed by atoms with Crippen LogP contribution in [0.4, 0.5) is 0 Å². The summed E-state index contributed by atoms with van der Waals surface area (Å²) in [5.41, 5.74) is 1.88. The van der Waals surface area contributed by atoms with Crippen molar-refractivity contribution in [3.63, 3.8) is 0 Å². The second-order valence-corrected chi connectivity index (χ2v) is 8.61. The molecule has 0 unspecified atom stereocenters. The third-order valence-corrected chi connectivity index (χ3v) is 6.84. The zero-order valence-corrected chi connectivity index (χ0v) is 16.2. The molecule has 0 saturated carbocycles. The highest BCUT2D eigenvalue weighted by atomic mass is 31.1. The molecule has 3 heteroatoms. The highest BCUT2D eigenvalue weighted by molar-refractivity contribution is 7.80. The van der Waals surface area contributed by atoms with E-state index in [0.717, 1.165) is 5.30 Å². The zero-order chi connectivity index (χ0) is 18.5. The summed E-state index contributed by atoms with van der Waals surface area (Å²) in [5.74, 6) is 0.110. The lowest BCUT2D eigenvalue weighted by molar-refractivity contribution is 0.0602. The van der Waals surface area contributed by atoms with Gasteiger partial charge in [0, 0.05) is 0 Å². The molecule has 0 spiro atoms. The molecule has 0 N–H and O–H groups in total. The average molecular weight is 362 g/mol. The van der Waals surface area contributed by atoms with E-state index in [1.807, 2.05) is 24.3 Å². The largest absolute Gasteiger partial charge is 0.465 e. The lowest BCUT2D eigenvalue weighted by atomic mass is 10.0. The van der Waals surface area contributed by atoms with Crippen LogP contribution in [0, 0.1) is 0 Å². The number of hydrogen-bond donors (Lipinski definition) is 0. The van der Waals surface area contributed by atoms with Gasteiger partial charge in [-0.3, -0.25) is 0 Å². The Bertz CT molecular complexity index is 834. The first-order valence-electron chi connectivity index (χ1n) is 8.74. The minimum atomic E-state index is -0.847. The Balaban J connectivity index is 2.26. The number of carbonyl (C=O) groups excluding carboxylic acids is 1. The molecule has 0 aromatic heterocycles. The Hall–Kier alpha value is -2.44. The normalized spacial score (nSPS) is 11.0. The molecule has 2 nitrogen and oxygen atoms in total. The van der Waals surface area contributed by atoms with Gasteiger partial charge < -0.3 is 4.74 Å². The third-order valence-electron chi connectivity index (χ3n) is 4.36. The van der Waals surface area contributed by atoms with E-state index in [4.69, 9.17) is 4.74 Å². The van der Waals surface area contributed by atoms with Crippen molar-refractivity contribution in [1.82, 2.24) is 0 Å². The van der Waals surface area contributed by atoms with E-state index >= 15 is 0 Å². The maximum atomic E-state index is 12.5. The first kappa shape index (κ1) is 18.4. The summed E-state index contributed by atoms with van der Waals surface area (Å²) in [6.07, 6.45) is 0. The number of hydrogen-bond acceptors (Lipinski definition) is 2. The van der Waals surface area contributed by atoms with Gasteiger partial charge in [-0.25, -0.2) is 4.79 Å². The van der Waals surface area contributed by atoms with E-state index in [0.29, 0.717) is 11.5 Å². The minimum absolute atomic E-state index is 0.283. The van der Waals surface area contributed by atoms with Crippen molar-refractivity contribution in [3.8, 4) is 0 Å². The van der Waals surface area contributed by atoms with E-state index in [1.165, 1.54) is 23.3 Å². The van der Waals surface area contributed by atoms with Crippen molar-refractivity contribution < 1.29 is 9.53 Å². The van der Waals surface area contributed by atoms with Crippen LogP contribution in [0.15, 0.2) is 78.9 Å². The lowest BCUT2D eigenvalue weighted by Gasteiger charge is -2.23. The predicted molar refractivity (Wildman–Crippen MR) is 111 cm³/mol. The van der Waals surface area contributed by atoms with Gasteiger partial charge in [-0.2, -0.15) is 0 Å². The predicted octanol–water partition coefficient (Wildman–Crippen LogP) is 4.35. The van der Waals surface area contributed by atoms with Gasteiger partial charge in [0.15, 0.2) is 0 Å². The maximum Gasteiger partial charge on any atom is 0.338 e. The minimum Gasteiger partial charge on any atom is -0.465 e. The molecule has 3 aromatic carbocycles. The van der Waals surface area contributed by atoms with Crippen LogP contribution in [-0.4, -0.2) is 13.1 Å². The summed E-state index contributed by atoms with van der Waals surface area (Å²) in [6.45, 7) is 4.34. The highest BCUT2D eigenvalue weighted by Gasteiger charge is 2.23. The van der Waals surface area contributed by atoms with Crippen molar-refractivity contribution in [2.75, 3.05) is 7.11 Å². The van der Waals surface area contributed by atoms with Crippen molar-refractivity contribution in [3.05, 3.63) is 90.0 Å². The highest BCUT2D eigenvalue weighted by Crippen LogP contribution is 2.35. The van der Waals surface area contributed by atoms with Crippen LogP contribution in [0.5, 0.6) is 0 Å². The topological polar surface area (TPSA) is 26.3 Å². The standard InChI is InChI=1S/C23H23O2P/c1-17(2)18-14-15-21(23(24)25-3)22(16-18)26(19-10-6-4-7-11-19)20-12-8-5-9-13-20/h4-17H,1-3H3. The molecule has 0 radical (unpaired) electrons. The second kappa shape index (κ2) is 8.29. The zero-order valence-electron chi connectivity index (χ0n) is 15.3. The summed E-state index contributed by atoms with van der Waals surface area (Å²) < 4.78 is 5.07. The summed E-state index contributed by atoms with van der Waals surface area (Å²) >= 11 is 0. The number of benzene rings is 3. The monoisotopic (exact) mass is 362 g/mol. The maximum absolute atomic E-state index is 12.5. The van der Waals surface area contributed by atoms with Crippen LogP contribution < -0.4 is 15.9 Å². The third kappa shape index (κ3) is 3.86. The van der Waals surface area contributed by atoms with Crippen LogP contribution in [-0.2, 0) is 4.74 Å². The first-order valence-corrected chi connectivity index (χ1v) is 10.1. The van der Waals surface area contributed by atoms with Crippen molar-refractivity contribution in [1.29, 1.82) is 0 Å². The molecule has 0 aliphatic heterocycles. The van der Waals surface area contributed by atoms with E-state index in [9.17, 15) is 4.79 Å². The van der Waals surface area contributed by atoms with Gasteiger partial charge in [0.05, 0.1) is 12.7 Å². The Morgan fingerprint density at radius 3 is 1.85 bits per heavy atom. The quantitative estimate of drug-likeness (QED) is 0.498. The number of ether oxygens (including phenoxy) is 1. The molecular formula is C23H23O2P. The summed E-state index contributed by atoms with van der Waals surface area (Å²) in [4.78, 5) is 12.5. The number of esters is 1. The van der Waals surface area contributed by atoms with Gasteiger partial charge in [-0.05, 0) is 47.4 Å². The number of rotatable bonds is 5. The summed E-state index contributed by atoms with van der Waals surface area (Å²) in [5, 5.41) is 3.50. The van der Waals surface area contributed by atoms with Crippen LogP contribution in [0.2, 0.25) is 0 Å². The van der Waals surface area contributed by atoms with E-state index in [-0.39, 0.29) is 5.97 Å². The van der Waals surface area contributed by atoms with Crippen molar-refractivity contribution in [2.45, 2.75) is 19.8 Å². The van der Waals surface area contributed by atoms with Crippen molar-refractivity contribution >= 4 is 29.8 Å². The molecule has 3 aromatic rings. The second-order valence-electron chi connectivity index (χ2n) is 6.43. The molecule has 0 amide bonds. The Kier molecular flexibility index (Phi) is 5.85. The van der Waals surface area contributed by atoms with Crippen LogP contribution >= 0.6 is 7.92 Å². The first-order chi connectivity index (χ1) is 12.6. The summed E-state index contributed by atoms with van der Waals surface area (Å²) in [6, 6.07) is 26.9. The van der Waals surface area contributed by atoms with Gasteiger partial charge in [-0.1, -0.05) is 80.6 Å². The fraction of sp³-hybridized carbons (Fsp3) is 0.174. The molecular weight excluding hydrogens is 339 g/mol. The Morgan fingerprint density at radius 1 is 0.846 bits per heavy atom. The van der Waals surface area contributed by atoms with Gasteiger partial charge in [0.2, 0.25) is 0 Å². The summed E-state index contributed by atoms with van der Waals surface area (Å²) in [7, 11) is 0.593. The molecule has 0 atom stereocenters. The van der Waals surface area contributed by atoms with E-state index < -0.39 is 7.92 Å². The molecule has 0 saturated heterocycles. The fourth-order valence-corrected chi connectivity index (χ4v) is 5.44.